The zero-order valence-corrected chi connectivity index (χ0v) is 18.9. The molecule has 3 aromatic rings. The Morgan fingerprint density at radius 2 is 1.63 bits per heavy atom. The Balaban J connectivity index is 1.86. The van der Waals surface area contributed by atoms with E-state index in [1.807, 2.05) is 0 Å². The average Bonchev–Trinajstić information content (AvgIpc) is 3.09. The summed E-state index contributed by atoms with van der Waals surface area (Å²) >= 11 is 0. The van der Waals surface area contributed by atoms with Crippen LogP contribution in [0.4, 0.5) is 30.2 Å². The molecule has 0 saturated carbocycles. The molecular formula is C27H21F3N2O3. The van der Waals surface area contributed by atoms with E-state index in [0.29, 0.717) is 22.4 Å². The summed E-state index contributed by atoms with van der Waals surface area (Å²) in [5.74, 6) is -1.27. The first-order chi connectivity index (χ1) is 16.6. The van der Waals surface area contributed by atoms with Crippen LogP contribution in [0.3, 0.4) is 0 Å². The molecule has 0 aromatic heterocycles. The van der Waals surface area contributed by atoms with Crippen molar-refractivity contribution in [1.29, 1.82) is 0 Å². The number of allylic oxidation sites excluding steroid dienone is 1. The van der Waals surface area contributed by atoms with E-state index in [1.54, 1.807) is 50.3 Å². The van der Waals surface area contributed by atoms with Crippen molar-refractivity contribution >= 4 is 34.4 Å². The fourth-order valence-electron chi connectivity index (χ4n) is 4.99. The molecule has 0 radical (unpaired) electrons. The molecule has 1 aliphatic heterocycles. The number of phenols is 1. The van der Waals surface area contributed by atoms with Gasteiger partial charge in [0.05, 0.1) is 16.9 Å². The zero-order valence-electron chi connectivity index (χ0n) is 18.9. The van der Waals surface area contributed by atoms with E-state index in [0.717, 1.165) is 12.1 Å². The molecular weight excluding hydrogens is 457 g/mol. The quantitative estimate of drug-likeness (QED) is 0.474. The molecule has 1 spiro atoms. The molecule has 1 unspecified atom stereocenters. The first-order valence-corrected chi connectivity index (χ1v) is 11.1. The van der Waals surface area contributed by atoms with Crippen molar-refractivity contribution in [3.8, 4) is 5.75 Å². The van der Waals surface area contributed by atoms with E-state index in [2.05, 4.69) is 0 Å². The van der Waals surface area contributed by atoms with Gasteiger partial charge in [-0.05, 0) is 73.0 Å². The summed E-state index contributed by atoms with van der Waals surface area (Å²) in [7, 11) is 0. The SMILES string of the molecule is CCN1C(=O)C2(C=C(C)c3cc(O)ccc32)C(=O)N(c2ccccc2)c2cc(C(F)(F)F)ccc21. The van der Waals surface area contributed by atoms with Crippen LogP contribution in [0.1, 0.15) is 30.5 Å². The first-order valence-electron chi connectivity index (χ1n) is 11.1. The number of likely N-dealkylation sites (N-methyl/N-ethyl adjacent to an activating group) is 1. The predicted molar refractivity (Wildman–Crippen MR) is 126 cm³/mol. The van der Waals surface area contributed by atoms with Gasteiger partial charge in [-0.1, -0.05) is 30.3 Å². The number of nitrogens with zero attached hydrogens (tertiary/aromatic N) is 2. The van der Waals surface area contributed by atoms with Crippen molar-refractivity contribution in [3.05, 3.63) is 89.5 Å². The Labute approximate surface area is 199 Å². The van der Waals surface area contributed by atoms with Crippen LogP contribution in [0, 0.1) is 0 Å². The fraction of sp³-hybridized carbons (Fsp3) is 0.185. The molecule has 178 valence electrons. The average molecular weight is 478 g/mol. The number of carbonyl (C=O) groups is 2. The van der Waals surface area contributed by atoms with Crippen LogP contribution >= 0.6 is 0 Å². The zero-order chi connectivity index (χ0) is 25.1. The van der Waals surface area contributed by atoms with Crippen molar-refractivity contribution in [2.75, 3.05) is 16.3 Å². The van der Waals surface area contributed by atoms with Crippen molar-refractivity contribution in [3.63, 3.8) is 0 Å². The number of carbonyl (C=O) groups excluding carboxylic acids is 2. The van der Waals surface area contributed by atoms with Crippen molar-refractivity contribution < 1.29 is 27.9 Å². The first kappa shape index (κ1) is 22.7. The van der Waals surface area contributed by atoms with E-state index >= 15 is 0 Å². The highest BCUT2D eigenvalue weighted by Gasteiger charge is 2.56. The summed E-state index contributed by atoms with van der Waals surface area (Å²) in [4.78, 5) is 31.2. The molecule has 5 nitrogen and oxygen atoms in total. The lowest BCUT2D eigenvalue weighted by atomic mass is 9.79. The van der Waals surface area contributed by atoms with E-state index in [4.69, 9.17) is 0 Å². The molecule has 0 saturated heterocycles. The molecule has 2 amide bonds. The molecule has 3 aromatic carbocycles. The van der Waals surface area contributed by atoms with Crippen molar-refractivity contribution in [1.82, 2.24) is 0 Å². The topological polar surface area (TPSA) is 60.9 Å². The van der Waals surface area contributed by atoms with Crippen LogP contribution in [0.5, 0.6) is 5.75 Å². The van der Waals surface area contributed by atoms with Gasteiger partial charge in [-0.25, -0.2) is 0 Å². The summed E-state index contributed by atoms with van der Waals surface area (Å²) in [5.41, 5.74) is -0.683. The summed E-state index contributed by atoms with van der Waals surface area (Å²) in [6.07, 6.45) is -3.09. The Morgan fingerprint density at radius 3 is 2.29 bits per heavy atom. The summed E-state index contributed by atoms with van der Waals surface area (Å²) in [6, 6.07) is 15.8. The smallest absolute Gasteiger partial charge is 0.416 e. The number of anilines is 3. The molecule has 1 heterocycles. The standard InChI is InChI=1S/C27H21F3N2O3/c1-3-31-22-12-9-17(27(28,29)30)13-23(22)32(18-7-5-4-6-8-18)25(35)26(24(31)34)15-16(2)20-14-19(33)10-11-21(20)26/h4-15,33H,3H2,1-2H3. The highest BCUT2D eigenvalue weighted by atomic mass is 19.4. The third-order valence-electron chi connectivity index (χ3n) is 6.57. The maximum absolute atomic E-state index is 14.4. The number of hydrogen-bond donors (Lipinski definition) is 1. The van der Waals surface area contributed by atoms with Crippen molar-refractivity contribution in [2.45, 2.75) is 25.4 Å². The monoisotopic (exact) mass is 478 g/mol. The van der Waals surface area contributed by atoms with Gasteiger partial charge in [-0.2, -0.15) is 13.2 Å². The maximum Gasteiger partial charge on any atom is 0.416 e. The van der Waals surface area contributed by atoms with Gasteiger partial charge in [0.15, 0.2) is 5.41 Å². The summed E-state index contributed by atoms with van der Waals surface area (Å²) < 4.78 is 41.1. The molecule has 1 N–H and O–H groups in total. The highest BCUT2D eigenvalue weighted by molar-refractivity contribution is 6.29. The number of phenolic OH excluding ortho intramolecular Hbond substituents is 1. The van der Waals surface area contributed by atoms with Gasteiger partial charge in [-0.15, -0.1) is 0 Å². The van der Waals surface area contributed by atoms with Gasteiger partial charge in [0.1, 0.15) is 5.75 Å². The number of aromatic hydroxyl groups is 1. The summed E-state index contributed by atoms with van der Waals surface area (Å²) in [6.45, 7) is 3.57. The lowest BCUT2D eigenvalue weighted by Crippen LogP contribution is -2.52. The number of rotatable bonds is 2. The van der Waals surface area contributed by atoms with E-state index in [-0.39, 0.29) is 23.7 Å². The van der Waals surface area contributed by atoms with Gasteiger partial charge in [-0.3, -0.25) is 14.5 Å². The molecule has 0 bridgehead atoms. The molecule has 1 atom stereocenters. The van der Waals surface area contributed by atoms with E-state index in [1.165, 1.54) is 34.1 Å². The molecule has 2 aliphatic rings. The van der Waals surface area contributed by atoms with E-state index in [9.17, 15) is 27.9 Å². The minimum atomic E-state index is -4.64. The second kappa shape index (κ2) is 7.73. The third-order valence-corrected chi connectivity index (χ3v) is 6.57. The van der Waals surface area contributed by atoms with Crippen LogP contribution in [-0.4, -0.2) is 23.5 Å². The fourth-order valence-corrected chi connectivity index (χ4v) is 4.99. The number of alkyl halides is 3. The maximum atomic E-state index is 14.4. The molecule has 35 heavy (non-hydrogen) atoms. The van der Waals surface area contributed by atoms with Gasteiger partial charge in [0.2, 0.25) is 0 Å². The van der Waals surface area contributed by atoms with Gasteiger partial charge in [0.25, 0.3) is 11.8 Å². The van der Waals surface area contributed by atoms with Crippen LogP contribution in [-0.2, 0) is 21.2 Å². The second-order valence-electron chi connectivity index (χ2n) is 8.59. The van der Waals surface area contributed by atoms with Crippen LogP contribution in [0.25, 0.3) is 5.57 Å². The minimum Gasteiger partial charge on any atom is -0.508 e. The Hall–Kier alpha value is -4.07. The van der Waals surface area contributed by atoms with Crippen molar-refractivity contribution in [2.24, 2.45) is 0 Å². The number of fused-ring (bicyclic) bond motifs is 3. The minimum absolute atomic E-state index is 0.0209. The molecule has 5 rings (SSSR count). The lowest BCUT2D eigenvalue weighted by Gasteiger charge is -2.31. The van der Waals surface area contributed by atoms with Gasteiger partial charge < -0.3 is 10.0 Å². The van der Waals surface area contributed by atoms with E-state index < -0.39 is 29.0 Å². The van der Waals surface area contributed by atoms with Gasteiger partial charge >= 0.3 is 6.18 Å². The Kier molecular flexibility index (Phi) is 5.01. The normalized spacial score (nSPS) is 19.5. The van der Waals surface area contributed by atoms with Crippen LogP contribution in [0.2, 0.25) is 0 Å². The highest BCUT2D eigenvalue weighted by Crippen LogP contribution is 2.51. The van der Waals surface area contributed by atoms with Gasteiger partial charge in [0, 0.05) is 12.2 Å². The van der Waals surface area contributed by atoms with Crippen LogP contribution in [0.15, 0.2) is 72.8 Å². The number of hydrogen-bond acceptors (Lipinski definition) is 3. The van der Waals surface area contributed by atoms with Crippen LogP contribution < -0.4 is 9.80 Å². The Morgan fingerprint density at radius 1 is 0.914 bits per heavy atom. The number of halogens is 3. The largest absolute Gasteiger partial charge is 0.508 e. The molecule has 0 fully saturated rings. The Bertz CT molecular complexity index is 1400. The lowest BCUT2D eigenvalue weighted by molar-refractivity contribution is -0.137. The predicted octanol–water partition coefficient (Wildman–Crippen LogP) is 5.80. The molecule has 8 heteroatoms. The second-order valence-corrected chi connectivity index (χ2v) is 8.59. The number of benzene rings is 3. The summed E-state index contributed by atoms with van der Waals surface area (Å²) in [5, 5.41) is 10.0. The number of para-hydroxylation sites is 1. The molecule has 1 aliphatic carbocycles. The third kappa shape index (κ3) is 3.24. The number of amides is 2.